The number of benzene rings is 2. The van der Waals surface area contributed by atoms with E-state index in [0.717, 1.165) is 11.0 Å². The first-order chi connectivity index (χ1) is 13.0. The lowest BCUT2D eigenvalue weighted by Crippen LogP contribution is -2.24. The summed E-state index contributed by atoms with van der Waals surface area (Å²) < 4.78 is 40.9. The molecule has 0 fully saturated rings. The Morgan fingerprint density at radius 2 is 1.74 bits per heavy atom. The van der Waals surface area contributed by atoms with Gasteiger partial charge >= 0.3 is 0 Å². The fraction of sp³-hybridized carbons (Fsp3) is 0.316. The van der Waals surface area contributed by atoms with E-state index in [2.05, 4.69) is 9.71 Å². The predicted molar refractivity (Wildman–Crippen MR) is 104 cm³/mol. The van der Waals surface area contributed by atoms with Gasteiger partial charge in [-0.05, 0) is 38.1 Å². The molecule has 0 radical (unpaired) electrons. The van der Waals surface area contributed by atoms with E-state index in [1.807, 2.05) is 49.7 Å². The summed E-state index contributed by atoms with van der Waals surface area (Å²) in [5, 5.41) is 0. The van der Waals surface area contributed by atoms with E-state index in [-0.39, 0.29) is 11.4 Å². The topological polar surface area (TPSA) is 82.5 Å². The molecule has 2 aromatic carbocycles. The number of rotatable bonds is 8. The number of nitrogens with zero attached hydrogens (tertiary/aromatic N) is 2. The molecule has 0 amide bonds. The van der Waals surface area contributed by atoms with Gasteiger partial charge in [-0.2, -0.15) is 0 Å². The number of sulfonamides is 1. The quantitative estimate of drug-likeness (QED) is 0.641. The maximum absolute atomic E-state index is 12.7. The van der Waals surface area contributed by atoms with Crippen LogP contribution >= 0.6 is 0 Å². The number of aromatic nitrogens is 2. The third kappa shape index (κ3) is 4.06. The van der Waals surface area contributed by atoms with Gasteiger partial charge in [0.1, 0.15) is 5.82 Å². The van der Waals surface area contributed by atoms with Crippen molar-refractivity contribution >= 4 is 21.1 Å². The Morgan fingerprint density at radius 1 is 1.04 bits per heavy atom. The van der Waals surface area contributed by atoms with Crippen LogP contribution in [0, 0.1) is 0 Å². The van der Waals surface area contributed by atoms with Crippen molar-refractivity contribution in [3.05, 3.63) is 48.3 Å². The summed E-state index contributed by atoms with van der Waals surface area (Å²) in [6, 6.07) is 12.3. The molecule has 27 heavy (non-hydrogen) atoms. The molecule has 1 aromatic heterocycles. The van der Waals surface area contributed by atoms with E-state index in [9.17, 15) is 8.42 Å². The summed E-state index contributed by atoms with van der Waals surface area (Å²) in [5.41, 5.74) is 1.78. The second-order valence-electron chi connectivity index (χ2n) is 5.87. The average molecular weight is 389 g/mol. The molecule has 0 saturated heterocycles. The summed E-state index contributed by atoms with van der Waals surface area (Å²) in [4.78, 5) is 4.60. The van der Waals surface area contributed by atoms with Crippen LogP contribution in [0.4, 0.5) is 0 Å². The fourth-order valence-electron chi connectivity index (χ4n) is 2.80. The fourth-order valence-corrected chi connectivity index (χ4v) is 3.79. The molecule has 1 heterocycles. The minimum absolute atomic E-state index is 0.0880. The molecular formula is C19H23N3O4S. The molecule has 0 saturated carbocycles. The average Bonchev–Trinajstić information content (AvgIpc) is 2.98. The van der Waals surface area contributed by atoms with Gasteiger partial charge in [-0.25, -0.2) is 18.1 Å². The molecule has 8 heteroatoms. The van der Waals surface area contributed by atoms with Gasteiger partial charge in [0.15, 0.2) is 11.5 Å². The molecule has 0 bridgehead atoms. The summed E-state index contributed by atoms with van der Waals surface area (Å²) >= 11 is 0. The highest BCUT2D eigenvalue weighted by molar-refractivity contribution is 7.89. The first kappa shape index (κ1) is 19.2. The number of aryl methyl sites for hydroxylation is 1. The van der Waals surface area contributed by atoms with Crippen LogP contribution in [0.5, 0.6) is 11.5 Å². The van der Waals surface area contributed by atoms with Crippen LogP contribution in [0.15, 0.2) is 47.4 Å². The van der Waals surface area contributed by atoms with Gasteiger partial charge in [0.2, 0.25) is 10.0 Å². The molecule has 0 atom stereocenters. The Kier molecular flexibility index (Phi) is 5.67. The SMILES string of the molecule is CCOc1ccc(S(=O)(=O)NCc2nc3ccccc3n2C)cc1OCC. The normalized spacial score (nSPS) is 11.7. The molecular weight excluding hydrogens is 366 g/mol. The van der Waals surface area contributed by atoms with Crippen LogP contribution in [0.3, 0.4) is 0 Å². The first-order valence-corrected chi connectivity index (χ1v) is 10.2. The van der Waals surface area contributed by atoms with Crippen molar-refractivity contribution in [3.8, 4) is 11.5 Å². The maximum atomic E-state index is 12.7. The number of nitrogens with one attached hydrogen (secondary N) is 1. The highest BCUT2D eigenvalue weighted by Gasteiger charge is 2.18. The largest absolute Gasteiger partial charge is 0.490 e. The molecule has 0 aliphatic rings. The first-order valence-electron chi connectivity index (χ1n) is 8.76. The summed E-state index contributed by atoms with van der Waals surface area (Å²) in [7, 11) is -1.86. The van der Waals surface area contributed by atoms with Crippen molar-refractivity contribution in [1.82, 2.24) is 14.3 Å². The van der Waals surface area contributed by atoms with Crippen LogP contribution < -0.4 is 14.2 Å². The highest BCUT2D eigenvalue weighted by Crippen LogP contribution is 2.30. The summed E-state index contributed by atoms with van der Waals surface area (Å²) in [6.45, 7) is 4.67. The van der Waals surface area contributed by atoms with Gasteiger partial charge in [0, 0.05) is 13.1 Å². The van der Waals surface area contributed by atoms with Gasteiger partial charge in [-0.3, -0.25) is 0 Å². The van der Waals surface area contributed by atoms with Crippen LogP contribution in [0.25, 0.3) is 11.0 Å². The van der Waals surface area contributed by atoms with E-state index in [1.165, 1.54) is 12.1 Å². The lowest BCUT2D eigenvalue weighted by atomic mass is 10.3. The summed E-state index contributed by atoms with van der Waals surface area (Å²) in [5.74, 6) is 1.56. The van der Waals surface area contributed by atoms with Crippen molar-refractivity contribution in [2.24, 2.45) is 7.05 Å². The van der Waals surface area contributed by atoms with E-state index in [0.29, 0.717) is 30.5 Å². The van der Waals surface area contributed by atoms with Crippen LogP contribution in [-0.2, 0) is 23.6 Å². The highest BCUT2D eigenvalue weighted by atomic mass is 32.2. The predicted octanol–water partition coefficient (Wildman–Crippen LogP) is 2.85. The van der Waals surface area contributed by atoms with E-state index in [1.54, 1.807) is 6.07 Å². The zero-order valence-electron chi connectivity index (χ0n) is 15.6. The molecule has 144 valence electrons. The standard InChI is InChI=1S/C19H23N3O4S/c1-4-25-17-11-10-14(12-18(17)26-5-2)27(23,24)20-13-19-21-15-8-6-7-9-16(15)22(19)3/h6-12,20H,4-5,13H2,1-3H3. The van der Waals surface area contributed by atoms with Crippen LogP contribution in [-0.4, -0.2) is 31.2 Å². The van der Waals surface area contributed by atoms with Crippen molar-refractivity contribution in [2.45, 2.75) is 25.3 Å². The van der Waals surface area contributed by atoms with Crippen molar-refractivity contribution in [2.75, 3.05) is 13.2 Å². The lowest BCUT2D eigenvalue weighted by Gasteiger charge is -2.13. The Morgan fingerprint density at radius 3 is 2.44 bits per heavy atom. The van der Waals surface area contributed by atoms with Crippen molar-refractivity contribution in [1.29, 1.82) is 0 Å². The molecule has 3 aromatic rings. The number of para-hydroxylation sites is 2. The molecule has 1 N–H and O–H groups in total. The molecule has 0 aliphatic heterocycles. The number of hydrogen-bond donors (Lipinski definition) is 1. The van der Waals surface area contributed by atoms with Crippen molar-refractivity contribution in [3.63, 3.8) is 0 Å². The number of ether oxygens (including phenoxy) is 2. The zero-order valence-corrected chi connectivity index (χ0v) is 16.4. The maximum Gasteiger partial charge on any atom is 0.241 e. The minimum Gasteiger partial charge on any atom is -0.490 e. The van der Waals surface area contributed by atoms with Crippen LogP contribution in [0.1, 0.15) is 19.7 Å². The number of fused-ring (bicyclic) bond motifs is 1. The van der Waals surface area contributed by atoms with E-state index in [4.69, 9.17) is 9.47 Å². The number of imidazole rings is 1. The third-order valence-electron chi connectivity index (χ3n) is 4.13. The lowest BCUT2D eigenvalue weighted by molar-refractivity contribution is 0.287. The van der Waals surface area contributed by atoms with Gasteiger partial charge < -0.3 is 14.0 Å². The van der Waals surface area contributed by atoms with E-state index >= 15 is 0 Å². The Balaban J connectivity index is 1.83. The smallest absolute Gasteiger partial charge is 0.241 e. The second kappa shape index (κ2) is 7.98. The Labute approximate surface area is 159 Å². The van der Waals surface area contributed by atoms with Gasteiger partial charge in [0.25, 0.3) is 0 Å². The molecule has 0 aliphatic carbocycles. The molecule has 3 rings (SSSR count). The van der Waals surface area contributed by atoms with Crippen molar-refractivity contribution < 1.29 is 17.9 Å². The Hall–Kier alpha value is -2.58. The van der Waals surface area contributed by atoms with Gasteiger partial charge in [0.05, 0.1) is 35.7 Å². The molecule has 0 spiro atoms. The minimum atomic E-state index is -3.72. The molecule has 7 nitrogen and oxygen atoms in total. The second-order valence-corrected chi connectivity index (χ2v) is 7.64. The monoisotopic (exact) mass is 389 g/mol. The molecule has 0 unspecified atom stereocenters. The van der Waals surface area contributed by atoms with Gasteiger partial charge in [-0.15, -0.1) is 0 Å². The zero-order chi connectivity index (χ0) is 19.4. The van der Waals surface area contributed by atoms with Crippen LogP contribution in [0.2, 0.25) is 0 Å². The third-order valence-corrected chi connectivity index (χ3v) is 5.52. The summed E-state index contributed by atoms with van der Waals surface area (Å²) in [6.07, 6.45) is 0. The van der Waals surface area contributed by atoms with Gasteiger partial charge in [-0.1, -0.05) is 12.1 Å². The number of hydrogen-bond acceptors (Lipinski definition) is 5. The Bertz CT molecular complexity index is 1040. The van der Waals surface area contributed by atoms with E-state index < -0.39 is 10.0 Å².